The van der Waals surface area contributed by atoms with Crippen LogP contribution in [0.25, 0.3) is 0 Å². The Hall–Kier alpha value is -2.76. The van der Waals surface area contributed by atoms with Crippen molar-refractivity contribution in [3.63, 3.8) is 0 Å². The molecule has 0 heterocycles. The zero-order valence-corrected chi connectivity index (χ0v) is 13.8. The smallest absolute Gasteiger partial charge is 0.269 e. The van der Waals surface area contributed by atoms with Crippen molar-refractivity contribution in [1.29, 1.82) is 0 Å². The van der Waals surface area contributed by atoms with Gasteiger partial charge in [-0.05, 0) is 41.8 Å². The van der Waals surface area contributed by atoms with Gasteiger partial charge in [0, 0.05) is 29.9 Å². The van der Waals surface area contributed by atoms with Crippen LogP contribution < -0.4 is 4.90 Å². The third kappa shape index (κ3) is 4.38. The Morgan fingerprint density at radius 1 is 1.08 bits per heavy atom. The second-order valence-corrected chi connectivity index (χ2v) is 6.73. The van der Waals surface area contributed by atoms with Gasteiger partial charge in [-0.25, -0.2) is 4.39 Å². The van der Waals surface area contributed by atoms with Crippen LogP contribution in [0, 0.1) is 21.3 Å². The molecule has 5 nitrogen and oxygen atoms in total. The Balaban J connectivity index is 2.36. The number of anilines is 1. The number of rotatable bonds is 4. The average molecular weight is 330 g/mol. The molecule has 0 N–H and O–H groups in total. The maximum absolute atomic E-state index is 13.2. The minimum atomic E-state index is -0.513. The summed E-state index contributed by atoms with van der Waals surface area (Å²) in [5.74, 6) is -0.663. The van der Waals surface area contributed by atoms with Crippen molar-refractivity contribution < 1.29 is 14.1 Å². The van der Waals surface area contributed by atoms with Gasteiger partial charge in [-0.15, -0.1) is 0 Å². The van der Waals surface area contributed by atoms with Gasteiger partial charge in [0.15, 0.2) is 0 Å². The highest BCUT2D eigenvalue weighted by Crippen LogP contribution is 2.24. The summed E-state index contributed by atoms with van der Waals surface area (Å²) in [6.45, 7) is 6.40. The summed E-state index contributed by atoms with van der Waals surface area (Å²) in [5.41, 5.74) is 0.671. The molecule has 0 saturated carbocycles. The van der Waals surface area contributed by atoms with Crippen molar-refractivity contribution in [3.05, 3.63) is 70.0 Å². The lowest BCUT2D eigenvalue weighted by Crippen LogP contribution is -2.37. The number of carbonyl (C=O) groups excluding carboxylic acids is 1. The number of amides is 1. The largest absolute Gasteiger partial charge is 0.308 e. The Morgan fingerprint density at radius 3 is 2.08 bits per heavy atom. The van der Waals surface area contributed by atoms with Crippen LogP contribution in [0.3, 0.4) is 0 Å². The van der Waals surface area contributed by atoms with Crippen LogP contribution in [0.15, 0.2) is 48.5 Å². The molecule has 6 heteroatoms. The van der Waals surface area contributed by atoms with Gasteiger partial charge in [0.2, 0.25) is 0 Å². The van der Waals surface area contributed by atoms with Crippen LogP contribution in [0.4, 0.5) is 15.8 Å². The maximum Gasteiger partial charge on any atom is 0.269 e. The van der Waals surface area contributed by atoms with E-state index in [1.54, 1.807) is 17.0 Å². The Kier molecular flexibility index (Phi) is 4.97. The molecule has 0 aliphatic carbocycles. The molecule has 0 bridgehead atoms. The lowest BCUT2D eigenvalue weighted by molar-refractivity contribution is -0.384. The highest BCUT2D eigenvalue weighted by molar-refractivity contribution is 6.06. The second kappa shape index (κ2) is 6.78. The Morgan fingerprint density at radius 2 is 1.62 bits per heavy atom. The third-order valence-corrected chi connectivity index (χ3v) is 3.34. The first-order valence-corrected chi connectivity index (χ1v) is 7.49. The van der Waals surface area contributed by atoms with Gasteiger partial charge < -0.3 is 4.90 Å². The summed E-state index contributed by atoms with van der Waals surface area (Å²) in [6.07, 6.45) is 0. The monoisotopic (exact) mass is 330 g/mol. The van der Waals surface area contributed by atoms with E-state index in [1.165, 1.54) is 36.4 Å². The summed E-state index contributed by atoms with van der Waals surface area (Å²) in [6, 6.07) is 11.1. The van der Waals surface area contributed by atoms with E-state index in [2.05, 4.69) is 0 Å². The van der Waals surface area contributed by atoms with Gasteiger partial charge in [0.1, 0.15) is 5.82 Å². The van der Waals surface area contributed by atoms with Crippen molar-refractivity contribution >= 4 is 17.3 Å². The van der Waals surface area contributed by atoms with Gasteiger partial charge in [-0.2, -0.15) is 0 Å². The van der Waals surface area contributed by atoms with E-state index in [0.29, 0.717) is 17.8 Å². The maximum atomic E-state index is 13.2. The van der Waals surface area contributed by atoms with Crippen molar-refractivity contribution in [1.82, 2.24) is 0 Å². The van der Waals surface area contributed by atoms with Gasteiger partial charge in [-0.1, -0.05) is 20.8 Å². The first-order chi connectivity index (χ1) is 11.2. The fourth-order valence-electron chi connectivity index (χ4n) is 2.26. The summed E-state index contributed by atoms with van der Waals surface area (Å²) in [5, 5.41) is 10.7. The SMILES string of the molecule is CC(C)(C)CN(C(=O)c1ccc([N+](=O)[O-])cc1)c1ccc(F)cc1. The number of benzene rings is 2. The molecule has 0 aliphatic rings. The van der Waals surface area contributed by atoms with Crippen molar-refractivity contribution in [2.45, 2.75) is 20.8 Å². The van der Waals surface area contributed by atoms with Gasteiger partial charge in [-0.3, -0.25) is 14.9 Å². The molecule has 0 aliphatic heterocycles. The van der Waals surface area contributed by atoms with Crippen molar-refractivity contribution in [3.8, 4) is 0 Å². The standard InChI is InChI=1S/C18H19FN2O3/c1-18(2,3)12-20(15-10-6-14(19)7-11-15)17(22)13-4-8-16(9-5-13)21(23)24/h4-11H,12H2,1-3H3. The quantitative estimate of drug-likeness (QED) is 0.615. The predicted molar refractivity (Wildman–Crippen MR) is 90.6 cm³/mol. The molecule has 0 unspecified atom stereocenters. The molecule has 24 heavy (non-hydrogen) atoms. The fourth-order valence-corrected chi connectivity index (χ4v) is 2.26. The normalized spacial score (nSPS) is 11.2. The van der Waals surface area contributed by atoms with Crippen LogP contribution in [-0.2, 0) is 0 Å². The summed E-state index contributed by atoms with van der Waals surface area (Å²) < 4.78 is 13.2. The topological polar surface area (TPSA) is 63.5 Å². The zero-order chi connectivity index (χ0) is 17.9. The van der Waals surface area contributed by atoms with Crippen LogP contribution in [0.1, 0.15) is 31.1 Å². The predicted octanol–water partition coefficient (Wildman–Crippen LogP) is 4.43. The molecular formula is C18H19FN2O3. The number of nitro groups is 1. The van der Waals surface area contributed by atoms with Crippen LogP contribution >= 0.6 is 0 Å². The molecule has 2 aromatic rings. The molecule has 0 spiro atoms. The lowest BCUT2D eigenvalue weighted by atomic mass is 9.95. The van der Waals surface area contributed by atoms with E-state index < -0.39 is 4.92 Å². The molecule has 0 aromatic heterocycles. The molecule has 0 atom stereocenters. The van der Waals surface area contributed by atoms with Crippen LogP contribution in [-0.4, -0.2) is 17.4 Å². The van der Waals surface area contributed by atoms with Gasteiger partial charge >= 0.3 is 0 Å². The molecule has 0 radical (unpaired) electrons. The molecule has 126 valence electrons. The highest BCUT2D eigenvalue weighted by Gasteiger charge is 2.24. The van der Waals surface area contributed by atoms with Crippen molar-refractivity contribution in [2.24, 2.45) is 5.41 Å². The van der Waals surface area contributed by atoms with Crippen LogP contribution in [0.5, 0.6) is 0 Å². The number of nitrogens with zero attached hydrogens (tertiary/aromatic N) is 2. The number of halogens is 1. The minimum Gasteiger partial charge on any atom is -0.308 e. The molecule has 2 rings (SSSR count). The van der Waals surface area contributed by atoms with E-state index in [-0.39, 0.29) is 22.8 Å². The Bertz CT molecular complexity index is 734. The van der Waals surface area contributed by atoms with E-state index >= 15 is 0 Å². The average Bonchev–Trinajstić information content (AvgIpc) is 2.52. The number of non-ortho nitro benzene ring substituents is 1. The van der Waals surface area contributed by atoms with Gasteiger partial charge in [0.25, 0.3) is 11.6 Å². The second-order valence-electron chi connectivity index (χ2n) is 6.73. The van der Waals surface area contributed by atoms with E-state index in [1.807, 2.05) is 20.8 Å². The molecule has 2 aromatic carbocycles. The lowest BCUT2D eigenvalue weighted by Gasteiger charge is -2.30. The van der Waals surface area contributed by atoms with E-state index in [0.717, 1.165) is 0 Å². The first-order valence-electron chi connectivity index (χ1n) is 7.49. The number of hydrogen-bond donors (Lipinski definition) is 0. The first kappa shape index (κ1) is 17.6. The third-order valence-electron chi connectivity index (χ3n) is 3.34. The van der Waals surface area contributed by atoms with Crippen molar-refractivity contribution in [2.75, 3.05) is 11.4 Å². The zero-order valence-electron chi connectivity index (χ0n) is 13.8. The van der Waals surface area contributed by atoms with Crippen LogP contribution in [0.2, 0.25) is 0 Å². The fraction of sp³-hybridized carbons (Fsp3) is 0.278. The summed E-state index contributed by atoms with van der Waals surface area (Å²) in [7, 11) is 0. The van der Waals surface area contributed by atoms with E-state index in [9.17, 15) is 19.3 Å². The molecule has 1 amide bonds. The highest BCUT2D eigenvalue weighted by atomic mass is 19.1. The molecule has 0 fully saturated rings. The molecule has 0 saturated heterocycles. The number of nitro benzene ring substituents is 1. The number of hydrogen-bond acceptors (Lipinski definition) is 3. The summed E-state index contributed by atoms with van der Waals surface area (Å²) in [4.78, 5) is 24.6. The van der Waals surface area contributed by atoms with Gasteiger partial charge in [0.05, 0.1) is 4.92 Å². The number of carbonyl (C=O) groups is 1. The minimum absolute atomic E-state index is 0.0734. The summed E-state index contributed by atoms with van der Waals surface area (Å²) >= 11 is 0. The van der Waals surface area contributed by atoms with E-state index in [4.69, 9.17) is 0 Å². The molecular weight excluding hydrogens is 311 g/mol. The Labute approximate surface area is 139 Å².